The number of hydrogen-bond acceptors (Lipinski definition) is 7. The van der Waals surface area contributed by atoms with Crippen LogP contribution in [0.2, 0.25) is 0 Å². The minimum absolute atomic E-state index is 0.0513. The first-order valence-electron chi connectivity index (χ1n) is 4.09. The molecule has 2 N–H and O–H groups in total. The van der Waals surface area contributed by atoms with Crippen LogP contribution in [0.1, 0.15) is 24.5 Å². The average molecular weight is 211 g/mol. The predicted molar refractivity (Wildman–Crippen MR) is 49.3 cm³/mol. The molecule has 2 aromatic heterocycles. The van der Waals surface area contributed by atoms with Crippen molar-refractivity contribution in [1.29, 1.82) is 0 Å². The Balaban J connectivity index is 1.87. The molecule has 14 heavy (non-hydrogen) atoms. The molecule has 0 aliphatic carbocycles. The van der Waals surface area contributed by atoms with Gasteiger partial charge in [-0.15, -0.1) is 15.3 Å². The van der Waals surface area contributed by atoms with E-state index in [1.165, 1.54) is 11.5 Å². The number of tetrazole rings is 1. The summed E-state index contributed by atoms with van der Waals surface area (Å²) in [5, 5.41) is 22.7. The van der Waals surface area contributed by atoms with Crippen LogP contribution in [0.25, 0.3) is 0 Å². The molecule has 0 saturated heterocycles. The van der Waals surface area contributed by atoms with Crippen molar-refractivity contribution < 1.29 is 0 Å². The zero-order valence-corrected chi connectivity index (χ0v) is 8.32. The van der Waals surface area contributed by atoms with Crippen LogP contribution in [0.3, 0.4) is 0 Å². The van der Waals surface area contributed by atoms with Gasteiger partial charge in [-0.3, -0.25) is 0 Å². The van der Waals surface area contributed by atoms with Gasteiger partial charge in [0.05, 0.1) is 11.7 Å². The minimum Gasteiger partial charge on any atom is -0.302 e. The lowest BCUT2D eigenvalue weighted by molar-refractivity contribution is 0.540. The van der Waals surface area contributed by atoms with Crippen LogP contribution in [0, 0.1) is 0 Å². The molecule has 0 fully saturated rings. The third-order valence-electron chi connectivity index (χ3n) is 1.74. The highest BCUT2D eigenvalue weighted by molar-refractivity contribution is 7.03. The summed E-state index contributed by atoms with van der Waals surface area (Å²) in [6.45, 7) is 2.62. The van der Waals surface area contributed by atoms with E-state index in [1.807, 2.05) is 12.3 Å². The van der Waals surface area contributed by atoms with Crippen LogP contribution in [0.15, 0.2) is 5.38 Å². The van der Waals surface area contributed by atoms with Gasteiger partial charge in [-0.2, -0.15) is 5.21 Å². The lowest BCUT2D eigenvalue weighted by atomic mass is 10.3. The Bertz CT molecular complexity index is 355. The Kier molecular flexibility index (Phi) is 2.75. The monoisotopic (exact) mass is 211 g/mol. The molecule has 8 heteroatoms. The van der Waals surface area contributed by atoms with Gasteiger partial charge in [0.25, 0.3) is 0 Å². The Morgan fingerprint density at radius 2 is 2.50 bits per heavy atom. The fourth-order valence-electron chi connectivity index (χ4n) is 0.963. The molecule has 7 nitrogen and oxygen atoms in total. The van der Waals surface area contributed by atoms with E-state index in [0.717, 1.165) is 5.69 Å². The summed E-state index contributed by atoms with van der Waals surface area (Å²) in [6, 6.07) is 0.0513. The Hall–Kier alpha value is -1.41. The summed E-state index contributed by atoms with van der Waals surface area (Å²) in [4.78, 5) is 0. The first-order chi connectivity index (χ1) is 6.86. The van der Waals surface area contributed by atoms with Crippen LogP contribution >= 0.6 is 11.5 Å². The fourth-order valence-corrected chi connectivity index (χ4v) is 1.41. The maximum atomic E-state index is 3.91. The molecule has 0 bridgehead atoms. The molecule has 0 aliphatic heterocycles. The standard InChI is InChI=1S/C6H9N7S/c1-4(6-9-11-12-10-6)7-2-5-3-14-13-8-5/h3-4,7H,2H2,1H3,(H,9,10,11,12). The second kappa shape index (κ2) is 4.20. The third kappa shape index (κ3) is 2.09. The maximum absolute atomic E-state index is 3.91. The highest BCUT2D eigenvalue weighted by Gasteiger charge is 2.09. The zero-order valence-electron chi connectivity index (χ0n) is 7.51. The molecule has 0 amide bonds. The zero-order chi connectivity index (χ0) is 9.80. The van der Waals surface area contributed by atoms with Crippen LogP contribution in [-0.4, -0.2) is 30.2 Å². The largest absolute Gasteiger partial charge is 0.302 e. The molecule has 2 rings (SSSR count). The van der Waals surface area contributed by atoms with Crippen molar-refractivity contribution in [2.75, 3.05) is 0 Å². The van der Waals surface area contributed by atoms with Crippen molar-refractivity contribution in [2.45, 2.75) is 19.5 Å². The number of hydrogen-bond donors (Lipinski definition) is 2. The highest BCUT2D eigenvalue weighted by atomic mass is 32.1. The van der Waals surface area contributed by atoms with Gasteiger partial charge in [0.2, 0.25) is 0 Å². The van der Waals surface area contributed by atoms with Gasteiger partial charge in [0.15, 0.2) is 5.82 Å². The van der Waals surface area contributed by atoms with Gasteiger partial charge in [0, 0.05) is 11.9 Å². The van der Waals surface area contributed by atoms with E-state index in [0.29, 0.717) is 12.4 Å². The SMILES string of the molecule is CC(NCc1csnn1)c1nn[nH]n1. The van der Waals surface area contributed by atoms with Crippen molar-refractivity contribution in [1.82, 2.24) is 35.5 Å². The summed E-state index contributed by atoms with van der Waals surface area (Å²) in [7, 11) is 0. The van der Waals surface area contributed by atoms with E-state index in [-0.39, 0.29) is 6.04 Å². The van der Waals surface area contributed by atoms with Gasteiger partial charge in [0.1, 0.15) is 0 Å². The summed E-state index contributed by atoms with van der Waals surface area (Å²) in [5.74, 6) is 0.646. The van der Waals surface area contributed by atoms with E-state index in [1.54, 1.807) is 0 Å². The summed E-state index contributed by atoms with van der Waals surface area (Å²) in [5.41, 5.74) is 0.922. The first kappa shape index (κ1) is 9.16. The second-order valence-corrected chi connectivity index (χ2v) is 3.38. The number of aromatic amines is 1. The van der Waals surface area contributed by atoms with Crippen molar-refractivity contribution in [3.8, 4) is 0 Å². The molecular formula is C6H9N7S. The van der Waals surface area contributed by atoms with Gasteiger partial charge < -0.3 is 5.32 Å². The van der Waals surface area contributed by atoms with Crippen LogP contribution in [-0.2, 0) is 6.54 Å². The third-order valence-corrected chi connectivity index (χ3v) is 2.30. The molecule has 1 unspecified atom stereocenters. The lowest BCUT2D eigenvalue weighted by Crippen LogP contribution is -2.19. The second-order valence-electron chi connectivity index (χ2n) is 2.77. The molecule has 1 atom stereocenters. The highest BCUT2D eigenvalue weighted by Crippen LogP contribution is 2.05. The number of rotatable bonds is 4. The Morgan fingerprint density at radius 3 is 3.14 bits per heavy atom. The van der Waals surface area contributed by atoms with E-state index in [9.17, 15) is 0 Å². The minimum atomic E-state index is 0.0513. The van der Waals surface area contributed by atoms with Crippen LogP contribution in [0.4, 0.5) is 0 Å². The number of aromatic nitrogens is 6. The maximum Gasteiger partial charge on any atom is 0.191 e. The number of nitrogens with one attached hydrogen (secondary N) is 2. The molecule has 0 aromatic carbocycles. The van der Waals surface area contributed by atoms with Gasteiger partial charge >= 0.3 is 0 Å². The van der Waals surface area contributed by atoms with E-state index in [2.05, 4.69) is 35.5 Å². The predicted octanol–water partition coefficient (Wildman–Crippen LogP) is -0.0980. The molecular weight excluding hydrogens is 202 g/mol. The van der Waals surface area contributed by atoms with Gasteiger partial charge in [-0.05, 0) is 18.5 Å². The topological polar surface area (TPSA) is 92.3 Å². The molecule has 74 valence electrons. The summed E-state index contributed by atoms with van der Waals surface area (Å²) >= 11 is 1.34. The van der Waals surface area contributed by atoms with E-state index < -0.39 is 0 Å². The Morgan fingerprint density at radius 1 is 1.57 bits per heavy atom. The van der Waals surface area contributed by atoms with Gasteiger partial charge in [-0.1, -0.05) is 9.70 Å². The molecule has 0 aliphatic rings. The molecule has 0 saturated carbocycles. The molecule has 0 spiro atoms. The molecule has 0 radical (unpaired) electrons. The smallest absolute Gasteiger partial charge is 0.191 e. The Labute approximate surface area is 84.1 Å². The average Bonchev–Trinajstić information content (AvgIpc) is 2.87. The van der Waals surface area contributed by atoms with Crippen molar-refractivity contribution in [3.05, 3.63) is 16.9 Å². The normalized spacial score (nSPS) is 12.9. The van der Waals surface area contributed by atoms with Crippen molar-refractivity contribution in [2.24, 2.45) is 0 Å². The van der Waals surface area contributed by atoms with Gasteiger partial charge in [-0.25, -0.2) is 0 Å². The number of H-pyrrole nitrogens is 1. The van der Waals surface area contributed by atoms with Crippen LogP contribution < -0.4 is 5.32 Å². The fraction of sp³-hybridized carbons (Fsp3) is 0.500. The lowest BCUT2D eigenvalue weighted by Gasteiger charge is -2.06. The number of nitrogens with zero attached hydrogens (tertiary/aromatic N) is 5. The molecule has 2 aromatic rings. The van der Waals surface area contributed by atoms with Crippen molar-refractivity contribution in [3.63, 3.8) is 0 Å². The summed E-state index contributed by atoms with van der Waals surface area (Å²) < 4.78 is 3.76. The first-order valence-corrected chi connectivity index (χ1v) is 4.92. The van der Waals surface area contributed by atoms with E-state index >= 15 is 0 Å². The molecule has 2 heterocycles. The van der Waals surface area contributed by atoms with Crippen molar-refractivity contribution >= 4 is 11.5 Å². The van der Waals surface area contributed by atoms with E-state index in [4.69, 9.17) is 0 Å². The van der Waals surface area contributed by atoms with Crippen LogP contribution in [0.5, 0.6) is 0 Å². The quantitative estimate of drug-likeness (QED) is 0.733. The summed E-state index contributed by atoms with van der Waals surface area (Å²) in [6.07, 6.45) is 0.